The zero-order chi connectivity index (χ0) is 23.6. The van der Waals surface area contributed by atoms with E-state index in [0.29, 0.717) is 20.8 Å². The normalized spacial score (nSPS) is 11.7. The second-order valence-electron chi connectivity index (χ2n) is 7.24. The number of azo groups is 1. The minimum atomic E-state index is -3.91. The van der Waals surface area contributed by atoms with E-state index >= 15 is 0 Å². The lowest BCUT2D eigenvalue weighted by molar-refractivity contribution is 0.0994. The van der Waals surface area contributed by atoms with Gasteiger partial charge in [0, 0.05) is 15.2 Å². The third-order valence-electron chi connectivity index (χ3n) is 4.92. The van der Waals surface area contributed by atoms with Crippen LogP contribution in [-0.4, -0.2) is 19.4 Å². The minimum absolute atomic E-state index is 0.0456. The third kappa shape index (κ3) is 4.79. The monoisotopic (exact) mass is 523 g/mol. The van der Waals surface area contributed by atoms with Gasteiger partial charge in [-0.1, -0.05) is 54.1 Å². The first kappa shape index (κ1) is 22.6. The lowest BCUT2D eigenvalue weighted by Crippen LogP contribution is -2.13. The van der Waals surface area contributed by atoms with Gasteiger partial charge in [-0.2, -0.15) is 0 Å². The van der Waals surface area contributed by atoms with Crippen molar-refractivity contribution in [3.8, 4) is 5.75 Å². The molecule has 0 saturated carbocycles. The van der Waals surface area contributed by atoms with E-state index in [9.17, 15) is 18.3 Å². The molecule has 33 heavy (non-hydrogen) atoms. The van der Waals surface area contributed by atoms with Gasteiger partial charge in [-0.05, 0) is 53.2 Å². The number of nitrogens with one attached hydrogen (secondary N) is 1. The fourth-order valence-corrected chi connectivity index (χ4v) is 4.74. The van der Waals surface area contributed by atoms with Crippen molar-refractivity contribution in [1.29, 1.82) is 0 Å². The van der Waals surface area contributed by atoms with E-state index in [-0.39, 0.29) is 22.0 Å². The Balaban J connectivity index is 1.76. The van der Waals surface area contributed by atoms with Gasteiger partial charge in [0.05, 0.1) is 16.1 Å². The molecular formula is C24H18BrN3O4S. The predicted molar refractivity (Wildman–Crippen MR) is 131 cm³/mol. The molecule has 1 amide bonds. The number of rotatable bonds is 5. The van der Waals surface area contributed by atoms with E-state index < -0.39 is 15.9 Å². The average molecular weight is 524 g/mol. The number of carbonyl (C=O) groups excluding carboxylic acids is 1. The first-order valence-corrected chi connectivity index (χ1v) is 12.1. The standard InChI is InChI=1S/C24H18BrN3O4S/c1-15-10-12-16(13-11-15)33(31,32)28-21-14-22(23(29)18-7-3-2-6-17(18)21)26-27-24(30)19-8-4-5-9-20(19)25/h2-14,28-29H,1H3. The highest BCUT2D eigenvalue weighted by Crippen LogP contribution is 2.40. The van der Waals surface area contributed by atoms with Crippen molar-refractivity contribution in [2.45, 2.75) is 11.8 Å². The van der Waals surface area contributed by atoms with Crippen LogP contribution in [0.5, 0.6) is 5.75 Å². The smallest absolute Gasteiger partial charge is 0.296 e. The summed E-state index contributed by atoms with van der Waals surface area (Å²) in [6, 6.07) is 21.3. The second kappa shape index (κ2) is 9.13. The number of hydrogen-bond donors (Lipinski definition) is 2. The summed E-state index contributed by atoms with van der Waals surface area (Å²) in [7, 11) is -3.91. The van der Waals surface area contributed by atoms with Gasteiger partial charge in [0.15, 0.2) is 5.75 Å². The molecule has 0 saturated heterocycles. The molecule has 0 aliphatic carbocycles. The number of anilines is 1. The van der Waals surface area contributed by atoms with Crippen LogP contribution in [-0.2, 0) is 10.0 Å². The number of aromatic hydroxyl groups is 1. The number of benzene rings is 4. The van der Waals surface area contributed by atoms with Gasteiger partial charge in [-0.25, -0.2) is 8.42 Å². The zero-order valence-corrected chi connectivity index (χ0v) is 19.8. The van der Waals surface area contributed by atoms with Crippen molar-refractivity contribution in [3.05, 3.63) is 94.5 Å². The number of aryl methyl sites for hydroxylation is 1. The summed E-state index contributed by atoms with van der Waals surface area (Å²) in [5.41, 5.74) is 1.39. The summed E-state index contributed by atoms with van der Waals surface area (Å²) >= 11 is 3.29. The number of nitrogens with zero attached hydrogens (tertiary/aromatic N) is 2. The molecule has 0 aromatic heterocycles. The first-order valence-electron chi connectivity index (χ1n) is 9.81. The van der Waals surface area contributed by atoms with Crippen LogP contribution in [0.1, 0.15) is 15.9 Å². The number of fused-ring (bicyclic) bond motifs is 1. The molecule has 0 aliphatic rings. The first-order chi connectivity index (χ1) is 15.8. The van der Waals surface area contributed by atoms with Crippen LogP contribution in [0.15, 0.2) is 98.5 Å². The van der Waals surface area contributed by atoms with E-state index in [1.165, 1.54) is 18.2 Å². The lowest BCUT2D eigenvalue weighted by atomic mass is 10.1. The van der Waals surface area contributed by atoms with Crippen molar-refractivity contribution < 1.29 is 18.3 Å². The number of amides is 1. The lowest BCUT2D eigenvalue weighted by Gasteiger charge is -2.13. The Hall–Kier alpha value is -3.56. The van der Waals surface area contributed by atoms with Crippen LogP contribution in [0, 0.1) is 6.92 Å². The van der Waals surface area contributed by atoms with E-state index in [0.717, 1.165) is 5.56 Å². The van der Waals surface area contributed by atoms with E-state index in [4.69, 9.17) is 0 Å². The predicted octanol–water partition coefficient (Wildman–Crippen LogP) is 6.34. The Morgan fingerprint density at radius 3 is 2.27 bits per heavy atom. The summed E-state index contributed by atoms with van der Waals surface area (Å²) in [6.45, 7) is 1.86. The van der Waals surface area contributed by atoms with Crippen molar-refractivity contribution in [2.24, 2.45) is 10.2 Å². The second-order valence-corrected chi connectivity index (χ2v) is 9.78. The summed E-state index contributed by atoms with van der Waals surface area (Å²) in [6.07, 6.45) is 0. The van der Waals surface area contributed by atoms with Crippen molar-refractivity contribution >= 4 is 54.0 Å². The molecule has 0 aliphatic heterocycles. The molecule has 0 bridgehead atoms. The van der Waals surface area contributed by atoms with E-state index in [1.54, 1.807) is 60.7 Å². The maximum atomic E-state index is 13.0. The van der Waals surface area contributed by atoms with Crippen molar-refractivity contribution in [1.82, 2.24) is 0 Å². The van der Waals surface area contributed by atoms with Gasteiger partial charge < -0.3 is 5.11 Å². The van der Waals surface area contributed by atoms with Gasteiger partial charge in [0.2, 0.25) is 0 Å². The summed E-state index contributed by atoms with van der Waals surface area (Å²) < 4.78 is 29.0. The number of halogens is 1. The molecule has 4 aromatic rings. The minimum Gasteiger partial charge on any atom is -0.505 e. The number of phenols is 1. The van der Waals surface area contributed by atoms with Crippen LogP contribution < -0.4 is 4.72 Å². The molecular weight excluding hydrogens is 506 g/mol. The van der Waals surface area contributed by atoms with Gasteiger partial charge in [-0.3, -0.25) is 9.52 Å². The SMILES string of the molecule is Cc1ccc(S(=O)(=O)Nc2cc(N=NC(=O)c3ccccc3Br)c(O)c3ccccc23)cc1. The van der Waals surface area contributed by atoms with Gasteiger partial charge in [0.1, 0.15) is 5.69 Å². The van der Waals surface area contributed by atoms with Crippen LogP contribution in [0.3, 0.4) is 0 Å². The Labute approximate surface area is 199 Å². The Morgan fingerprint density at radius 1 is 0.939 bits per heavy atom. The molecule has 4 aromatic carbocycles. The van der Waals surface area contributed by atoms with Crippen molar-refractivity contribution in [3.63, 3.8) is 0 Å². The van der Waals surface area contributed by atoms with Crippen LogP contribution in [0.4, 0.5) is 11.4 Å². The topological polar surface area (TPSA) is 108 Å². The molecule has 0 radical (unpaired) electrons. The molecule has 4 rings (SSSR count). The Bertz CT molecular complexity index is 1500. The number of sulfonamides is 1. The van der Waals surface area contributed by atoms with Crippen LogP contribution >= 0.6 is 15.9 Å². The highest BCUT2D eigenvalue weighted by Gasteiger charge is 2.19. The Kier molecular flexibility index (Phi) is 6.26. The van der Waals surface area contributed by atoms with Crippen LogP contribution in [0.2, 0.25) is 0 Å². The van der Waals surface area contributed by atoms with Crippen molar-refractivity contribution in [2.75, 3.05) is 4.72 Å². The maximum Gasteiger partial charge on any atom is 0.296 e. The average Bonchev–Trinajstić information content (AvgIpc) is 2.80. The highest BCUT2D eigenvalue weighted by molar-refractivity contribution is 9.10. The maximum absolute atomic E-state index is 13.0. The van der Waals surface area contributed by atoms with E-state index in [2.05, 4.69) is 30.9 Å². The quantitative estimate of drug-likeness (QED) is 0.235. The molecule has 0 unspecified atom stereocenters. The van der Waals surface area contributed by atoms with Gasteiger partial charge in [-0.15, -0.1) is 10.2 Å². The fraction of sp³-hybridized carbons (Fsp3) is 0.0417. The molecule has 0 fully saturated rings. The highest BCUT2D eigenvalue weighted by atomic mass is 79.9. The summed E-state index contributed by atoms with van der Waals surface area (Å²) in [4.78, 5) is 12.6. The fourth-order valence-electron chi connectivity index (χ4n) is 3.21. The Morgan fingerprint density at radius 2 is 1.58 bits per heavy atom. The zero-order valence-electron chi connectivity index (χ0n) is 17.4. The molecule has 0 spiro atoms. The molecule has 166 valence electrons. The number of carbonyl (C=O) groups is 1. The largest absolute Gasteiger partial charge is 0.505 e. The number of phenolic OH excluding ortho intramolecular Hbond substituents is 1. The molecule has 7 nitrogen and oxygen atoms in total. The molecule has 2 N–H and O–H groups in total. The summed E-state index contributed by atoms with van der Waals surface area (Å²) in [5, 5.41) is 19.2. The van der Waals surface area contributed by atoms with Gasteiger partial charge in [0.25, 0.3) is 15.9 Å². The van der Waals surface area contributed by atoms with E-state index in [1.807, 2.05) is 6.92 Å². The molecule has 9 heteroatoms. The molecule has 0 atom stereocenters. The number of hydrogen-bond acceptors (Lipinski definition) is 5. The van der Waals surface area contributed by atoms with Gasteiger partial charge >= 0.3 is 0 Å². The summed E-state index contributed by atoms with van der Waals surface area (Å²) in [5.74, 6) is -0.829. The van der Waals surface area contributed by atoms with Crippen LogP contribution in [0.25, 0.3) is 10.8 Å². The third-order valence-corrected chi connectivity index (χ3v) is 7.00. The molecule has 0 heterocycles.